The van der Waals surface area contributed by atoms with Gasteiger partial charge in [-0.3, -0.25) is 4.79 Å². The Hall–Kier alpha value is -3.13. The fraction of sp³-hybridized carbons (Fsp3) is 0.250. The molecule has 2 nitrogen and oxygen atoms in total. The van der Waals surface area contributed by atoms with E-state index in [4.69, 9.17) is 0 Å². The van der Waals surface area contributed by atoms with Crippen LogP contribution in [0.1, 0.15) is 47.6 Å². The summed E-state index contributed by atoms with van der Waals surface area (Å²) in [6, 6.07) is 27.3. The van der Waals surface area contributed by atoms with Gasteiger partial charge in [0.05, 0.1) is 0 Å². The van der Waals surface area contributed by atoms with E-state index in [0.717, 1.165) is 36.0 Å². The molecule has 1 aliphatic carbocycles. The second-order valence-corrected chi connectivity index (χ2v) is 7.99. The molecule has 4 rings (SSSR count). The molecule has 0 spiro atoms. The van der Waals surface area contributed by atoms with E-state index in [0.29, 0.717) is 13.0 Å². The van der Waals surface area contributed by atoms with Gasteiger partial charge in [0.2, 0.25) is 5.91 Å². The van der Waals surface area contributed by atoms with Gasteiger partial charge in [0.15, 0.2) is 0 Å². The Bertz CT molecular complexity index is 988. The Morgan fingerprint density at radius 1 is 0.867 bits per heavy atom. The third-order valence-electron chi connectivity index (χ3n) is 6.08. The van der Waals surface area contributed by atoms with Crippen LogP contribution in [0.15, 0.2) is 84.9 Å². The van der Waals surface area contributed by atoms with Crippen LogP contribution in [0.3, 0.4) is 0 Å². The molecule has 1 N–H and O–H groups in total. The Morgan fingerprint density at radius 3 is 2.03 bits per heavy atom. The van der Waals surface area contributed by atoms with Crippen LogP contribution >= 0.6 is 0 Å². The smallest absolute Gasteiger partial charge is 0.235 e. The zero-order chi connectivity index (χ0) is 20.8. The number of carbonyl (C=O) groups is 1. The Balaban J connectivity index is 1.87. The zero-order valence-corrected chi connectivity index (χ0v) is 17.6. The summed E-state index contributed by atoms with van der Waals surface area (Å²) in [5.74, 6) is 0.101. The molecule has 0 atom stereocenters. The first-order valence-corrected chi connectivity index (χ1v) is 10.9. The first kappa shape index (κ1) is 20.2. The quantitative estimate of drug-likeness (QED) is 0.570. The monoisotopic (exact) mass is 395 g/mol. The lowest BCUT2D eigenvalue weighted by Crippen LogP contribution is -2.46. The van der Waals surface area contributed by atoms with Gasteiger partial charge < -0.3 is 5.32 Å². The Kier molecular flexibility index (Phi) is 6.13. The Labute approximate surface area is 179 Å². The lowest BCUT2D eigenvalue weighted by Gasteiger charge is -2.34. The maximum Gasteiger partial charge on any atom is 0.235 e. The van der Waals surface area contributed by atoms with E-state index in [1.165, 1.54) is 11.1 Å². The van der Waals surface area contributed by atoms with Crippen LogP contribution < -0.4 is 5.32 Å². The molecule has 30 heavy (non-hydrogen) atoms. The van der Waals surface area contributed by atoms with Gasteiger partial charge >= 0.3 is 0 Å². The number of carbonyl (C=O) groups excluding carboxylic acids is 1. The van der Waals surface area contributed by atoms with Crippen molar-refractivity contribution in [3.63, 3.8) is 0 Å². The fourth-order valence-electron chi connectivity index (χ4n) is 4.61. The van der Waals surface area contributed by atoms with Crippen molar-refractivity contribution >= 4 is 12.0 Å². The lowest BCUT2D eigenvalue weighted by molar-refractivity contribution is -0.125. The van der Waals surface area contributed by atoms with E-state index in [-0.39, 0.29) is 5.91 Å². The fourth-order valence-corrected chi connectivity index (χ4v) is 4.61. The molecule has 0 bridgehead atoms. The van der Waals surface area contributed by atoms with Gasteiger partial charge in [-0.15, -0.1) is 0 Å². The molecule has 0 saturated heterocycles. The number of benzene rings is 3. The van der Waals surface area contributed by atoms with E-state index in [2.05, 4.69) is 85.1 Å². The predicted molar refractivity (Wildman–Crippen MR) is 124 cm³/mol. The SMILES string of the molecule is CCCNC(=O)C1(C/C=C/c2ccccc2)c2ccccc2CCc2ccccc21. The van der Waals surface area contributed by atoms with Crippen LogP contribution in [-0.2, 0) is 23.1 Å². The van der Waals surface area contributed by atoms with E-state index >= 15 is 0 Å². The normalized spacial score (nSPS) is 14.6. The third kappa shape index (κ3) is 3.82. The second kappa shape index (κ2) is 9.13. The average molecular weight is 396 g/mol. The number of hydrogen-bond acceptors (Lipinski definition) is 1. The minimum atomic E-state index is -0.718. The summed E-state index contributed by atoms with van der Waals surface area (Å²) in [6.45, 7) is 2.78. The van der Waals surface area contributed by atoms with E-state index in [1.54, 1.807) is 0 Å². The van der Waals surface area contributed by atoms with Gasteiger partial charge in [-0.05, 0) is 53.5 Å². The maximum atomic E-state index is 13.9. The van der Waals surface area contributed by atoms with Crippen molar-refractivity contribution in [1.29, 1.82) is 0 Å². The number of amides is 1. The number of rotatable bonds is 6. The number of allylic oxidation sites excluding steroid dienone is 1. The summed E-state index contributed by atoms with van der Waals surface area (Å²) in [4.78, 5) is 13.9. The van der Waals surface area contributed by atoms with Crippen molar-refractivity contribution < 1.29 is 4.79 Å². The molecule has 0 aromatic heterocycles. The number of fused-ring (bicyclic) bond motifs is 2. The topological polar surface area (TPSA) is 29.1 Å². The maximum absolute atomic E-state index is 13.9. The highest BCUT2D eigenvalue weighted by atomic mass is 16.2. The third-order valence-corrected chi connectivity index (χ3v) is 6.08. The second-order valence-electron chi connectivity index (χ2n) is 7.99. The molecule has 3 aromatic rings. The molecule has 0 heterocycles. The van der Waals surface area contributed by atoms with Gasteiger partial charge in [-0.1, -0.05) is 97.9 Å². The molecule has 1 aliphatic rings. The van der Waals surface area contributed by atoms with Gasteiger partial charge in [0.25, 0.3) is 0 Å². The van der Waals surface area contributed by atoms with Crippen LogP contribution in [0.5, 0.6) is 0 Å². The Morgan fingerprint density at radius 2 is 1.43 bits per heavy atom. The molecular weight excluding hydrogens is 366 g/mol. The summed E-state index contributed by atoms with van der Waals surface area (Å²) in [5, 5.41) is 3.23. The summed E-state index contributed by atoms with van der Waals surface area (Å²) in [5.41, 5.74) is 5.26. The van der Waals surface area contributed by atoms with Crippen molar-refractivity contribution in [3.05, 3.63) is 113 Å². The average Bonchev–Trinajstić information content (AvgIpc) is 2.94. The van der Waals surface area contributed by atoms with Crippen LogP contribution in [0.4, 0.5) is 0 Å². The first-order chi connectivity index (χ1) is 14.8. The predicted octanol–water partition coefficient (Wildman–Crippen LogP) is 5.70. The molecule has 1 amide bonds. The van der Waals surface area contributed by atoms with Crippen LogP contribution in [0.2, 0.25) is 0 Å². The summed E-state index contributed by atoms with van der Waals surface area (Å²) < 4.78 is 0. The molecule has 0 aliphatic heterocycles. The molecule has 2 heteroatoms. The molecule has 152 valence electrons. The highest BCUT2D eigenvalue weighted by Crippen LogP contribution is 2.43. The van der Waals surface area contributed by atoms with Crippen LogP contribution in [0.25, 0.3) is 6.08 Å². The van der Waals surface area contributed by atoms with E-state index in [9.17, 15) is 4.79 Å². The molecule has 0 radical (unpaired) electrons. The lowest BCUT2D eigenvalue weighted by atomic mass is 9.69. The van der Waals surface area contributed by atoms with Crippen LogP contribution in [-0.4, -0.2) is 12.5 Å². The van der Waals surface area contributed by atoms with Gasteiger partial charge in [0, 0.05) is 6.54 Å². The summed E-state index contributed by atoms with van der Waals surface area (Å²) in [7, 11) is 0. The number of hydrogen-bond donors (Lipinski definition) is 1. The van der Waals surface area contributed by atoms with Gasteiger partial charge in [-0.2, -0.15) is 0 Å². The molecule has 0 fully saturated rings. The van der Waals surface area contributed by atoms with Crippen molar-refractivity contribution in [1.82, 2.24) is 5.32 Å². The molecular formula is C28H29NO. The molecule has 0 saturated carbocycles. The van der Waals surface area contributed by atoms with Crippen molar-refractivity contribution in [2.24, 2.45) is 0 Å². The van der Waals surface area contributed by atoms with E-state index < -0.39 is 5.41 Å². The van der Waals surface area contributed by atoms with Crippen molar-refractivity contribution in [2.75, 3.05) is 6.54 Å². The minimum absolute atomic E-state index is 0.101. The first-order valence-electron chi connectivity index (χ1n) is 10.9. The van der Waals surface area contributed by atoms with Crippen LogP contribution in [0, 0.1) is 0 Å². The number of aryl methyl sites for hydroxylation is 2. The van der Waals surface area contributed by atoms with E-state index in [1.807, 2.05) is 18.2 Å². The van der Waals surface area contributed by atoms with Gasteiger partial charge in [-0.25, -0.2) is 0 Å². The van der Waals surface area contributed by atoms with Crippen molar-refractivity contribution in [2.45, 2.75) is 38.0 Å². The largest absolute Gasteiger partial charge is 0.355 e. The van der Waals surface area contributed by atoms with Gasteiger partial charge in [0.1, 0.15) is 5.41 Å². The zero-order valence-electron chi connectivity index (χ0n) is 17.6. The summed E-state index contributed by atoms with van der Waals surface area (Å²) >= 11 is 0. The highest BCUT2D eigenvalue weighted by Gasteiger charge is 2.44. The summed E-state index contributed by atoms with van der Waals surface area (Å²) in [6.07, 6.45) is 7.76. The molecule has 0 unspecified atom stereocenters. The van der Waals surface area contributed by atoms with Crippen molar-refractivity contribution in [3.8, 4) is 0 Å². The minimum Gasteiger partial charge on any atom is -0.355 e. The standard InChI is InChI=1S/C28H29NO/c1-2-21-29-27(30)28(20-10-13-22-11-4-3-5-12-22)25-16-8-6-14-23(25)18-19-24-15-7-9-17-26(24)28/h3-17H,2,18-21H2,1H3,(H,29,30)/b13-10+. The highest BCUT2D eigenvalue weighted by molar-refractivity contribution is 5.93. The number of nitrogens with one attached hydrogen (secondary N) is 1. The molecule has 3 aromatic carbocycles.